The molecular formula is C19H24N4O3. The molecule has 0 unspecified atom stereocenters. The van der Waals surface area contributed by atoms with Gasteiger partial charge in [-0.3, -0.25) is 4.79 Å². The number of methoxy groups -OCH3 is 1. The summed E-state index contributed by atoms with van der Waals surface area (Å²) in [6, 6.07) is 8.51. The molecule has 2 rings (SSSR count). The van der Waals surface area contributed by atoms with Crippen LogP contribution in [0.3, 0.4) is 0 Å². The van der Waals surface area contributed by atoms with Gasteiger partial charge in [0.25, 0.3) is 5.91 Å². The minimum atomic E-state index is -0.451. The summed E-state index contributed by atoms with van der Waals surface area (Å²) >= 11 is 0. The van der Waals surface area contributed by atoms with Gasteiger partial charge in [-0.25, -0.2) is 14.8 Å². The van der Waals surface area contributed by atoms with E-state index in [1.807, 2.05) is 0 Å². The van der Waals surface area contributed by atoms with Gasteiger partial charge in [-0.15, -0.1) is 0 Å². The Kier molecular flexibility index (Phi) is 7.08. The highest BCUT2D eigenvalue weighted by molar-refractivity contribution is 5.97. The topological polar surface area (TPSA) is 93.2 Å². The quantitative estimate of drug-likeness (QED) is 0.557. The largest absolute Gasteiger partial charge is 0.465 e. The summed E-state index contributed by atoms with van der Waals surface area (Å²) in [5.74, 6) is 0.209. The first-order valence-corrected chi connectivity index (χ1v) is 8.63. The number of carbonyl (C=O) groups is 2. The molecule has 0 spiro atoms. The van der Waals surface area contributed by atoms with Gasteiger partial charge >= 0.3 is 5.97 Å². The molecule has 2 N–H and O–H groups in total. The number of hydrogen-bond acceptors (Lipinski definition) is 6. The van der Waals surface area contributed by atoms with Crippen LogP contribution in [0.25, 0.3) is 0 Å². The molecule has 7 nitrogen and oxygen atoms in total. The summed E-state index contributed by atoms with van der Waals surface area (Å²) in [5.41, 5.74) is 1.22. The standard InChI is InChI=1S/C19H24N4O3/c1-4-5-8-11-20-18(24)16-12-17(22-13(2)21-16)23-15-10-7-6-9-14(15)19(25)26-3/h6-7,9-10,12H,4-5,8,11H2,1-3H3,(H,20,24)(H,21,22,23). The number of unbranched alkanes of at least 4 members (excludes halogenated alkanes) is 2. The lowest BCUT2D eigenvalue weighted by Crippen LogP contribution is -2.26. The number of esters is 1. The zero-order valence-corrected chi connectivity index (χ0v) is 15.3. The van der Waals surface area contributed by atoms with Crippen molar-refractivity contribution in [2.45, 2.75) is 33.1 Å². The Balaban J connectivity index is 2.18. The van der Waals surface area contributed by atoms with Gasteiger partial charge in [-0.1, -0.05) is 31.9 Å². The SMILES string of the molecule is CCCCCNC(=O)c1cc(Nc2ccccc2C(=O)OC)nc(C)n1. The molecule has 138 valence electrons. The number of ether oxygens (including phenoxy) is 1. The number of rotatable bonds is 8. The monoisotopic (exact) mass is 356 g/mol. The minimum absolute atomic E-state index is 0.240. The molecule has 0 saturated heterocycles. The van der Waals surface area contributed by atoms with Gasteiger partial charge in [-0.05, 0) is 25.5 Å². The zero-order chi connectivity index (χ0) is 18.9. The molecule has 2 aromatic rings. The van der Waals surface area contributed by atoms with E-state index in [0.29, 0.717) is 29.4 Å². The Hall–Kier alpha value is -2.96. The highest BCUT2D eigenvalue weighted by Crippen LogP contribution is 2.21. The Morgan fingerprint density at radius 1 is 1.15 bits per heavy atom. The van der Waals surface area contributed by atoms with Gasteiger partial charge in [-0.2, -0.15) is 0 Å². The van der Waals surface area contributed by atoms with E-state index < -0.39 is 5.97 Å². The van der Waals surface area contributed by atoms with E-state index in [4.69, 9.17) is 4.74 Å². The first-order chi connectivity index (χ1) is 12.5. The molecule has 0 atom stereocenters. The molecule has 0 radical (unpaired) electrons. The normalized spacial score (nSPS) is 10.3. The number of carbonyl (C=O) groups excluding carboxylic acids is 2. The molecule has 1 aromatic carbocycles. The maximum Gasteiger partial charge on any atom is 0.339 e. The number of amides is 1. The molecule has 0 bridgehead atoms. The highest BCUT2D eigenvalue weighted by Gasteiger charge is 2.14. The van der Waals surface area contributed by atoms with Crippen LogP contribution in [0.2, 0.25) is 0 Å². The van der Waals surface area contributed by atoms with Gasteiger partial charge in [0.05, 0.1) is 18.4 Å². The van der Waals surface area contributed by atoms with Crippen LogP contribution in [-0.2, 0) is 4.74 Å². The molecule has 1 aromatic heterocycles. The number of aryl methyl sites for hydroxylation is 1. The Morgan fingerprint density at radius 2 is 1.92 bits per heavy atom. The number of para-hydroxylation sites is 1. The summed E-state index contributed by atoms with van der Waals surface area (Å²) in [5, 5.41) is 5.93. The van der Waals surface area contributed by atoms with Crippen molar-refractivity contribution in [1.29, 1.82) is 0 Å². The average Bonchev–Trinajstić information content (AvgIpc) is 2.64. The predicted octanol–water partition coefficient (Wildman–Crippen LogP) is 3.24. The van der Waals surface area contributed by atoms with Gasteiger partial charge in [0.15, 0.2) is 0 Å². The number of benzene rings is 1. The van der Waals surface area contributed by atoms with Crippen LogP contribution >= 0.6 is 0 Å². The average molecular weight is 356 g/mol. The first-order valence-electron chi connectivity index (χ1n) is 8.63. The van der Waals surface area contributed by atoms with Crippen LogP contribution in [0.5, 0.6) is 0 Å². The van der Waals surface area contributed by atoms with Gasteiger partial charge < -0.3 is 15.4 Å². The van der Waals surface area contributed by atoms with Crippen LogP contribution in [0.15, 0.2) is 30.3 Å². The molecule has 0 saturated carbocycles. The maximum atomic E-state index is 12.3. The highest BCUT2D eigenvalue weighted by atomic mass is 16.5. The van der Waals surface area contributed by atoms with Crippen LogP contribution in [-0.4, -0.2) is 35.5 Å². The van der Waals surface area contributed by atoms with Crippen molar-refractivity contribution in [2.24, 2.45) is 0 Å². The van der Waals surface area contributed by atoms with E-state index in [0.717, 1.165) is 19.3 Å². The molecule has 0 aliphatic carbocycles. The first kappa shape index (κ1) is 19.4. The third kappa shape index (κ3) is 5.27. The molecular weight excluding hydrogens is 332 g/mol. The Labute approximate surface area is 153 Å². The number of nitrogens with one attached hydrogen (secondary N) is 2. The van der Waals surface area contributed by atoms with Crippen molar-refractivity contribution in [3.05, 3.63) is 47.4 Å². The van der Waals surface area contributed by atoms with E-state index >= 15 is 0 Å². The van der Waals surface area contributed by atoms with Crippen molar-refractivity contribution in [3.8, 4) is 0 Å². The third-order valence-electron chi connectivity index (χ3n) is 3.73. The molecule has 0 aliphatic rings. The lowest BCUT2D eigenvalue weighted by Gasteiger charge is -2.11. The van der Waals surface area contributed by atoms with Crippen molar-refractivity contribution >= 4 is 23.4 Å². The van der Waals surface area contributed by atoms with Crippen molar-refractivity contribution in [2.75, 3.05) is 19.0 Å². The zero-order valence-electron chi connectivity index (χ0n) is 15.3. The van der Waals surface area contributed by atoms with Crippen LogP contribution in [0.1, 0.15) is 52.9 Å². The third-order valence-corrected chi connectivity index (χ3v) is 3.73. The summed E-state index contributed by atoms with van der Waals surface area (Å²) in [6.07, 6.45) is 3.10. The summed E-state index contributed by atoms with van der Waals surface area (Å²) in [4.78, 5) is 32.6. The predicted molar refractivity (Wildman–Crippen MR) is 99.7 cm³/mol. The van der Waals surface area contributed by atoms with Crippen molar-refractivity contribution in [3.63, 3.8) is 0 Å². The second-order valence-corrected chi connectivity index (χ2v) is 5.81. The molecule has 7 heteroatoms. The molecule has 0 aliphatic heterocycles. The number of anilines is 2. The number of aromatic nitrogens is 2. The Morgan fingerprint density at radius 3 is 2.65 bits per heavy atom. The van der Waals surface area contributed by atoms with Gasteiger partial charge in [0.2, 0.25) is 0 Å². The molecule has 1 amide bonds. The Bertz CT molecular complexity index is 777. The van der Waals surface area contributed by atoms with Crippen LogP contribution in [0.4, 0.5) is 11.5 Å². The molecule has 1 heterocycles. The fraction of sp³-hybridized carbons (Fsp3) is 0.368. The van der Waals surface area contributed by atoms with Gasteiger partial charge in [0, 0.05) is 12.6 Å². The van der Waals surface area contributed by atoms with E-state index in [9.17, 15) is 9.59 Å². The fourth-order valence-electron chi connectivity index (χ4n) is 2.43. The second-order valence-electron chi connectivity index (χ2n) is 5.81. The fourth-order valence-corrected chi connectivity index (χ4v) is 2.43. The minimum Gasteiger partial charge on any atom is -0.465 e. The summed E-state index contributed by atoms with van der Waals surface area (Å²) in [7, 11) is 1.33. The molecule has 26 heavy (non-hydrogen) atoms. The summed E-state index contributed by atoms with van der Waals surface area (Å²) < 4.78 is 4.79. The smallest absolute Gasteiger partial charge is 0.339 e. The van der Waals surface area contributed by atoms with E-state index in [2.05, 4.69) is 27.5 Å². The second kappa shape index (κ2) is 9.50. The lowest BCUT2D eigenvalue weighted by atomic mass is 10.2. The molecule has 0 fully saturated rings. The van der Waals surface area contributed by atoms with Crippen molar-refractivity contribution in [1.82, 2.24) is 15.3 Å². The van der Waals surface area contributed by atoms with E-state index in [-0.39, 0.29) is 11.6 Å². The van der Waals surface area contributed by atoms with Gasteiger partial charge in [0.1, 0.15) is 17.3 Å². The van der Waals surface area contributed by atoms with E-state index in [1.54, 1.807) is 37.3 Å². The van der Waals surface area contributed by atoms with Crippen molar-refractivity contribution < 1.29 is 14.3 Å². The maximum absolute atomic E-state index is 12.3. The van der Waals surface area contributed by atoms with Crippen LogP contribution in [0, 0.1) is 6.92 Å². The number of nitrogens with zero attached hydrogens (tertiary/aromatic N) is 2. The number of hydrogen-bond donors (Lipinski definition) is 2. The lowest BCUT2D eigenvalue weighted by molar-refractivity contribution is 0.0601. The van der Waals surface area contributed by atoms with Crippen LogP contribution < -0.4 is 10.6 Å². The summed E-state index contributed by atoms with van der Waals surface area (Å²) in [6.45, 7) is 4.44. The van der Waals surface area contributed by atoms with E-state index in [1.165, 1.54) is 7.11 Å².